The molecule has 0 fully saturated rings. The van der Waals surface area contributed by atoms with Gasteiger partial charge in [-0.3, -0.25) is 0 Å². The summed E-state index contributed by atoms with van der Waals surface area (Å²) < 4.78 is 4.89. The van der Waals surface area contributed by atoms with E-state index in [-0.39, 0.29) is 0 Å². The molecule has 0 saturated carbocycles. The molecule has 0 aliphatic rings. The molecule has 1 N–H and O–H groups in total. The van der Waals surface area contributed by atoms with Crippen molar-refractivity contribution in [2.24, 2.45) is 0 Å². The molecule has 0 atom stereocenters. The molecule has 0 radical (unpaired) electrons. The number of esters is 1. The van der Waals surface area contributed by atoms with Crippen LogP contribution < -0.4 is 0 Å². The maximum Gasteiger partial charge on any atom is 0.331 e. The SMILES string of the molecule is CCCCCCCCCCCCCOC(=O)/C=C/C(=O)O. The largest absolute Gasteiger partial charge is 0.478 e. The first-order chi connectivity index (χ1) is 10.2. The van der Waals surface area contributed by atoms with Crippen molar-refractivity contribution in [1.29, 1.82) is 0 Å². The quantitative estimate of drug-likeness (QED) is 0.292. The van der Waals surface area contributed by atoms with E-state index in [0.29, 0.717) is 6.61 Å². The van der Waals surface area contributed by atoms with Crippen LogP contribution in [-0.4, -0.2) is 23.7 Å². The van der Waals surface area contributed by atoms with Crippen molar-refractivity contribution in [3.05, 3.63) is 12.2 Å². The third-order valence-electron chi connectivity index (χ3n) is 3.35. The van der Waals surface area contributed by atoms with Crippen molar-refractivity contribution in [2.75, 3.05) is 6.61 Å². The summed E-state index contributed by atoms with van der Waals surface area (Å²) in [7, 11) is 0. The van der Waals surface area contributed by atoms with Gasteiger partial charge in [0.15, 0.2) is 0 Å². The Bertz CT molecular complexity index is 297. The summed E-state index contributed by atoms with van der Waals surface area (Å²) in [4.78, 5) is 21.2. The van der Waals surface area contributed by atoms with Gasteiger partial charge in [0.1, 0.15) is 0 Å². The Hall–Kier alpha value is -1.32. The Kier molecular flexibility index (Phi) is 14.1. The zero-order chi connectivity index (χ0) is 15.8. The van der Waals surface area contributed by atoms with Gasteiger partial charge in [0.25, 0.3) is 0 Å². The van der Waals surface area contributed by atoms with E-state index in [1.165, 1.54) is 57.8 Å². The van der Waals surface area contributed by atoms with Crippen molar-refractivity contribution in [3.63, 3.8) is 0 Å². The van der Waals surface area contributed by atoms with Gasteiger partial charge in [-0.15, -0.1) is 0 Å². The lowest BCUT2D eigenvalue weighted by atomic mass is 10.1. The monoisotopic (exact) mass is 298 g/mol. The molecule has 4 heteroatoms. The Morgan fingerprint density at radius 2 is 1.29 bits per heavy atom. The topological polar surface area (TPSA) is 63.6 Å². The molecule has 0 aliphatic heterocycles. The lowest BCUT2D eigenvalue weighted by Gasteiger charge is -2.03. The Balaban J connectivity index is 3.19. The molecule has 0 aromatic rings. The van der Waals surface area contributed by atoms with Crippen LogP contribution in [0.25, 0.3) is 0 Å². The third-order valence-corrected chi connectivity index (χ3v) is 3.35. The van der Waals surface area contributed by atoms with Crippen LogP contribution in [0.4, 0.5) is 0 Å². The van der Waals surface area contributed by atoms with Gasteiger partial charge in [0.05, 0.1) is 6.61 Å². The van der Waals surface area contributed by atoms with Crippen molar-refractivity contribution < 1.29 is 19.4 Å². The minimum atomic E-state index is -1.14. The second-order valence-electron chi connectivity index (χ2n) is 5.37. The number of carboxylic acids is 1. The Labute approximate surface area is 128 Å². The summed E-state index contributed by atoms with van der Waals surface area (Å²) in [6, 6.07) is 0. The van der Waals surface area contributed by atoms with Crippen LogP contribution in [0.1, 0.15) is 77.6 Å². The van der Waals surface area contributed by atoms with E-state index >= 15 is 0 Å². The number of rotatable bonds is 14. The number of carbonyl (C=O) groups is 2. The average Bonchev–Trinajstić information content (AvgIpc) is 2.46. The summed E-state index contributed by atoms with van der Waals surface area (Å²) >= 11 is 0. The highest BCUT2D eigenvalue weighted by molar-refractivity contribution is 5.90. The lowest BCUT2D eigenvalue weighted by molar-refractivity contribution is -0.138. The maximum absolute atomic E-state index is 11.1. The van der Waals surface area contributed by atoms with Crippen molar-refractivity contribution in [2.45, 2.75) is 77.6 Å². The van der Waals surface area contributed by atoms with Gasteiger partial charge in [-0.25, -0.2) is 9.59 Å². The van der Waals surface area contributed by atoms with E-state index in [0.717, 1.165) is 25.0 Å². The smallest absolute Gasteiger partial charge is 0.331 e. The average molecular weight is 298 g/mol. The first-order valence-corrected chi connectivity index (χ1v) is 8.24. The first-order valence-electron chi connectivity index (χ1n) is 8.24. The van der Waals surface area contributed by atoms with Crippen LogP contribution >= 0.6 is 0 Å². The van der Waals surface area contributed by atoms with E-state index in [2.05, 4.69) is 6.92 Å². The molecular weight excluding hydrogens is 268 g/mol. The number of unbranched alkanes of at least 4 members (excludes halogenated alkanes) is 10. The number of ether oxygens (including phenoxy) is 1. The second kappa shape index (κ2) is 15.1. The predicted molar refractivity (Wildman–Crippen MR) is 84.2 cm³/mol. The van der Waals surface area contributed by atoms with E-state index in [9.17, 15) is 9.59 Å². The fraction of sp³-hybridized carbons (Fsp3) is 0.765. The van der Waals surface area contributed by atoms with Crippen molar-refractivity contribution in [1.82, 2.24) is 0 Å². The maximum atomic E-state index is 11.1. The standard InChI is InChI=1S/C17H30O4/c1-2-3-4-5-6-7-8-9-10-11-12-15-21-17(20)14-13-16(18)19/h13-14H,2-12,15H2,1H3,(H,18,19)/b14-13+. The molecule has 122 valence electrons. The van der Waals surface area contributed by atoms with Crippen LogP contribution in [0.5, 0.6) is 0 Å². The van der Waals surface area contributed by atoms with E-state index in [1.807, 2.05) is 0 Å². The summed E-state index contributed by atoms with van der Waals surface area (Å²) in [6.45, 7) is 2.61. The van der Waals surface area contributed by atoms with Gasteiger partial charge >= 0.3 is 11.9 Å². The molecule has 0 aromatic carbocycles. The number of hydrogen-bond donors (Lipinski definition) is 1. The predicted octanol–water partition coefficient (Wildman–Crippen LogP) is 4.48. The van der Waals surface area contributed by atoms with Gasteiger partial charge < -0.3 is 9.84 Å². The molecule has 0 unspecified atom stereocenters. The van der Waals surface area contributed by atoms with Gasteiger partial charge in [-0.2, -0.15) is 0 Å². The summed E-state index contributed by atoms with van der Waals surface area (Å²) in [5.74, 6) is -1.72. The van der Waals surface area contributed by atoms with Crippen LogP contribution in [0, 0.1) is 0 Å². The molecule has 0 rings (SSSR count). The van der Waals surface area contributed by atoms with E-state index in [4.69, 9.17) is 9.84 Å². The fourth-order valence-corrected chi connectivity index (χ4v) is 2.13. The highest BCUT2D eigenvalue weighted by Gasteiger charge is 1.98. The highest BCUT2D eigenvalue weighted by Crippen LogP contribution is 2.11. The third kappa shape index (κ3) is 16.6. The van der Waals surface area contributed by atoms with Crippen LogP contribution in [-0.2, 0) is 14.3 Å². The molecule has 0 aliphatic carbocycles. The number of carboxylic acid groups (broad SMARTS) is 1. The Morgan fingerprint density at radius 3 is 1.76 bits per heavy atom. The molecule has 0 heterocycles. The van der Waals surface area contributed by atoms with Gasteiger partial charge in [0.2, 0.25) is 0 Å². The molecule has 21 heavy (non-hydrogen) atoms. The minimum Gasteiger partial charge on any atom is -0.478 e. The molecule has 0 bridgehead atoms. The Morgan fingerprint density at radius 1 is 0.810 bits per heavy atom. The van der Waals surface area contributed by atoms with Crippen molar-refractivity contribution >= 4 is 11.9 Å². The second-order valence-corrected chi connectivity index (χ2v) is 5.37. The molecule has 4 nitrogen and oxygen atoms in total. The molecule has 0 spiro atoms. The molecule has 0 aromatic heterocycles. The number of aliphatic carboxylic acids is 1. The summed E-state index contributed by atoms with van der Waals surface area (Å²) in [5.41, 5.74) is 0. The zero-order valence-corrected chi connectivity index (χ0v) is 13.3. The summed E-state index contributed by atoms with van der Waals surface area (Å²) in [5, 5.41) is 8.34. The van der Waals surface area contributed by atoms with Gasteiger partial charge in [0, 0.05) is 12.2 Å². The lowest BCUT2D eigenvalue weighted by Crippen LogP contribution is -2.03. The zero-order valence-electron chi connectivity index (χ0n) is 13.3. The minimum absolute atomic E-state index is 0.375. The number of hydrogen-bond acceptors (Lipinski definition) is 3. The molecular formula is C17H30O4. The van der Waals surface area contributed by atoms with E-state index < -0.39 is 11.9 Å². The molecule has 0 saturated heterocycles. The van der Waals surface area contributed by atoms with E-state index in [1.54, 1.807) is 0 Å². The molecule has 0 amide bonds. The number of carbonyl (C=O) groups excluding carboxylic acids is 1. The summed E-state index contributed by atoms with van der Waals surface area (Å²) in [6.07, 6.45) is 15.5. The highest BCUT2D eigenvalue weighted by atomic mass is 16.5. The normalized spacial score (nSPS) is 10.9. The fourth-order valence-electron chi connectivity index (χ4n) is 2.13. The van der Waals surface area contributed by atoms with Crippen LogP contribution in [0.3, 0.4) is 0 Å². The van der Waals surface area contributed by atoms with Gasteiger partial charge in [-0.1, -0.05) is 71.1 Å². The van der Waals surface area contributed by atoms with Crippen molar-refractivity contribution in [3.8, 4) is 0 Å². The van der Waals surface area contributed by atoms with Crippen LogP contribution in [0.2, 0.25) is 0 Å². The van der Waals surface area contributed by atoms with Crippen LogP contribution in [0.15, 0.2) is 12.2 Å². The van der Waals surface area contributed by atoms with Gasteiger partial charge in [-0.05, 0) is 6.42 Å². The first kappa shape index (κ1) is 19.7.